The number of hydrogen-bond acceptors (Lipinski definition) is 4. The molecule has 0 fully saturated rings. The molecule has 1 rings (SSSR count). The number of nitrogens with two attached hydrogens (primary N) is 1. The van der Waals surface area contributed by atoms with Crippen molar-refractivity contribution in [3.05, 3.63) is 18.3 Å². The van der Waals surface area contributed by atoms with Gasteiger partial charge in [0, 0.05) is 12.5 Å². The van der Waals surface area contributed by atoms with Crippen molar-refractivity contribution in [2.45, 2.75) is 25.7 Å². The van der Waals surface area contributed by atoms with E-state index in [-0.39, 0.29) is 5.91 Å². The molecule has 5 heteroatoms. The first kappa shape index (κ1) is 13.4. The molecule has 3 N–H and O–H groups in total. The summed E-state index contributed by atoms with van der Waals surface area (Å²) in [7, 11) is 1.55. The van der Waals surface area contributed by atoms with Gasteiger partial charge in [0.15, 0.2) is 0 Å². The second kappa shape index (κ2) is 7.62. The lowest BCUT2D eigenvalue weighted by Crippen LogP contribution is -2.11. The van der Waals surface area contributed by atoms with E-state index < -0.39 is 0 Å². The van der Waals surface area contributed by atoms with Crippen LogP contribution in [-0.4, -0.2) is 24.5 Å². The van der Waals surface area contributed by atoms with Crippen LogP contribution in [0.15, 0.2) is 18.3 Å². The van der Waals surface area contributed by atoms with Crippen molar-refractivity contribution in [3.8, 4) is 5.88 Å². The van der Waals surface area contributed by atoms with Gasteiger partial charge < -0.3 is 15.8 Å². The lowest BCUT2D eigenvalue weighted by Gasteiger charge is -2.05. The maximum absolute atomic E-state index is 11.5. The molecule has 0 saturated heterocycles. The maximum atomic E-state index is 11.5. The first-order valence-corrected chi connectivity index (χ1v) is 5.76. The number of carbonyl (C=O) groups excluding carboxylic acids is 1. The SMILES string of the molecule is COc1ccc(NC(=O)CCCCCN)cn1. The molecule has 94 valence electrons. The van der Waals surface area contributed by atoms with Gasteiger partial charge in [0.1, 0.15) is 0 Å². The minimum Gasteiger partial charge on any atom is -0.481 e. The highest BCUT2D eigenvalue weighted by atomic mass is 16.5. The van der Waals surface area contributed by atoms with Gasteiger partial charge in [0.05, 0.1) is 19.0 Å². The van der Waals surface area contributed by atoms with E-state index in [1.165, 1.54) is 0 Å². The largest absolute Gasteiger partial charge is 0.481 e. The molecule has 0 atom stereocenters. The molecular weight excluding hydrogens is 218 g/mol. The normalized spacial score (nSPS) is 10.0. The molecule has 0 bridgehead atoms. The van der Waals surface area contributed by atoms with Crippen LogP contribution in [-0.2, 0) is 4.79 Å². The van der Waals surface area contributed by atoms with Gasteiger partial charge in [-0.25, -0.2) is 4.98 Å². The number of nitrogens with one attached hydrogen (secondary N) is 1. The number of amides is 1. The number of pyridine rings is 1. The second-order valence-electron chi connectivity index (χ2n) is 3.74. The van der Waals surface area contributed by atoms with Gasteiger partial charge >= 0.3 is 0 Å². The molecule has 0 aliphatic rings. The third kappa shape index (κ3) is 5.31. The van der Waals surface area contributed by atoms with E-state index in [1.807, 2.05) is 0 Å². The Bertz CT molecular complexity index is 338. The third-order valence-corrected chi connectivity index (χ3v) is 2.34. The van der Waals surface area contributed by atoms with Crippen molar-refractivity contribution in [2.24, 2.45) is 5.73 Å². The smallest absolute Gasteiger partial charge is 0.224 e. The molecule has 1 amide bonds. The first-order chi connectivity index (χ1) is 8.26. The summed E-state index contributed by atoms with van der Waals surface area (Å²) in [5.41, 5.74) is 6.07. The number of unbranched alkanes of at least 4 members (excludes halogenated alkanes) is 2. The van der Waals surface area contributed by atoms with Gasteiger partial charge in [-0.15, -0.1) is 0 Å². The van der Waals surface area contributed by atoms with Crippen molar-refractivity contribution in [2.75, 3.05) is 19.0 Å². The molecule has 0 saturated carbocycles. The number of ether oxygens (including phenoxy) is 1. The van der Waals surface area contributed by atoms with Gasteiger partial charge in [-0.1, -0.05) is 6.42 Å². The summed E-state index contributed by atoms with van der Waals surface area (Å²) in [5.74, 6) is 0.542. The van der Waals surface area contributed by atoms with Crippen molar-refractivity contribution in [1.29, 1.82) is 0 Å². The lowest BCUT2D eigenvalue weighted by molar-refractivity contribution is -0.116. The number of carbonyl (C=O) groups is 1. The monoisotopic (exact) mass is 237 g/mol. The molecular formula is C12H19N3O2. The summed E-state index contributed by atoms with van der Waals surface area (Å²) in [6.45, 7) is 0.685. The van der Waals surface area contributed by atoms with Crippen LogP contribution in [0.2, 0.25) is 0 Å². The third-order valence-electron chi connectivity index (χ3n) is 2.34. The Balaban J connectivity index is 2.29. The van der Waals surface area contributed by atoms with E-state index in [1.54, 1.807) is 25.4 Å². The first-order valence-electron chi connectivity index (χ1n) is 5.76. The minimum atomic E-state index is 0.00832. The van der Waals surface area contributed by atoms with Gasteiger partial charge in [-0.2, -0.15) is 0 Å². The quantitative estimate of drug-likeness (QED) is 0.705. The fourth-order valence-electron chi connectivity index (χ4n) is 1.41. The fourth-order valence-corrected chi connectivity index (χ4v) is 1.41. The van der Waals surface area contributed by atoms with Crippen molar-refractivity contribution >= 4 is 11.6 Å². The highest BCUT2D eigenvalue weighted by Crippen LogP contribution is 2.11. The molecule has 0 aromatic carbocycles. The molecule has 0 spiro atoms. The predicted octanol–water partition coefficient (Wildman–Crippen LogP) is 1.55. The van der Waals surface area contributed by atoms with Gasteiger partial charge in [0.2, 0.25) is 11.8 Å². The molecule has 1 heterocycles. The number of nitrogens with zero attached hydrogens (tertiary/aromatic N) is 1. The molecule has 0 aliphatic carbocycles. The van der Waals surface area contributed by atoms with Crippen molar-refractivity contribution in [1.82, 2.24) is 4.98 Å². The Labute approximate surface area is 101 Å². The average Bonchev–Trinajstić information content (AvgIpc) is 2.36. The van der Waals surface area contributed by atoms with E-state index in [4.69, 9.17) is 10.5 Å². The molecule has 0 unspecified atom stereocenters. The number of methoxy groups -OCH3 is 1. The van der Waals surface area contributed by atoms with Crippen LogP contribution >= 0.6 is 0 Å². The molecule has 1 aromatic heterocycles. The Kier molecular flexibility index (Phi) is 6.03. The average molecular weight is 237 g/mol. The molecule has 5 nitrogen and oxygen atoms in total. The van der Waals surface area contributed by atoms with E-state index in [2.05, 4.69) is 10.3 Å². The van der Waals surface area contributed by atoms with Crippen LogP contribution in [0.4, 0.5) is 5.69 Å². The van der Waals surface area contributed by atoms with E-state index in [0.29, 0.717) is 24.5 Å². The Morgan fingerprint density at radius 3 is 2.82 bits per heavy atom. The minimum absolute atomic E-state index is 0.00832. The number of hydrogen-bond donors (Lipinski definition) is 2. The van der Waals surface area contributed by atoms with Crippen LogP contribution in [0, 0.1) is 0 Å². The van der Waals surface area contributed by atoms with E-state index in [9.17, 15) is 4.79 Å². The zero-order valence-electron chi connectivity index (χ0n) is 10.1. The van der Waals surface area contributed by atoms with Crippen molar-refractivity contribution in [3.63, 3.8) is 0 Å². The Hall–Kier alpha value is -1.62. The zero-order chi connectivity index (χ0) is 12.5. The molecule has 0 aliphatic heterocycles. The molecule has 17 heavy (non-hydrogen) atoms. The maximum Gasteiger partial charge on any atom is 0.224 e. The van der Waals surface area contributed by atoms with Crippen LogP contribution < -0.4 is 15.8 Å². The summed E-state index contributed by atoms with van der Waals surface area (Å²) in [6, 6.07) is 3.48. The highest BCUT2D eigenvalue weighted by Gasteiger charge is 2.02. The van der Waals surface area contributed by atoms with Gasteiger partial charge in [0.25, 0.3) is 0 Å². The standard InChI is InChI=1S/C12H19N3O2/c1-17-12-7-6-10(9-14-12)15-11(16)5-3-2-4-8-13/h6-7,9H,2-5,8,13H2,1H3,(H,15,16). The summed E-state index contributed by atoms with van der Waals surface area (Å²) < 4.78 is 4.93. The number of aromatic nitrogens is 1. The Morgan fingerprint density at radius 1 is 1.41 bits per heavy atom. The van der Waals surface area contributed by atoms with Crippen LogP contribution in [0.1, 0.15) is 25.7 Å². The predicted molar refractivity (Wildman–Crippen MR) is 66.9 cm³/mol. The zero-order valence-corrected chi connectivity index (χ0v) is 10.1. The Morgan fingerprint density at radius 2 is 2.24 bits per heavy atom. The summed E-state index contributed by atoms with van der Waals surface area (Å²) >= 11 is 0. The second-order valence-corrected chi connectivity index (χ2v) is 3.74. The van der Waals surface area contributed by atoms with Gasteiger partial charge in [-0.3, -0.25) is 4.79 Å². The molecule has 0 radical (unpaired) electrons. The van der Waals surface area contributed by atoms with Crippen LogP contribution in [0.3, 0.4) is 0 Å². The highest BCUT2D eigenvalue weighted by molar-refractivity contribution is 5.90. The summed E-state index contributed by atoms with van der Waals surface area (Å²) in [6.07, 6.45) is 4.93. The lowest BCUT2D eigenvalue weighted by atomic mass is 10.2. The van der Waals surface area contributed by atoms with Crippen LogP contribution in [0.25, 0.3) is 0 Å². The fraction of sp³-hybridized carbons (Fsp3) is 0.500. The number of anilines is 1. The van der Waals surface area contributed by atoms with Crippen LogP contribution in [0.5, 0.6) is 5.88 Å². The number of rotatable bonds is 7. The summed E-state index contributed by atoms with van der Waals surface area (Å²) in [4.78, 5) is 15.5. The topological polar surface area (TPSA) is 77.2 Å². The van der Waals surface area contributed by atoms with Crippen molar-refractivity contribution < 1.29 is 9.53 Å². The van der Waals surface area contributed by atoms with E-state index in [0.717, 1.165) is 19.3 Å². The van der Waals surface area contributed by atoms with E-state index >= 15 is 0 Å². The van der Waals surface area contributed by atoms with Gasteiger partial charge in [-0.05, 0) is 25.5 Å². The molecule has 1 aromatic rings. The summed E-state index contributed by atoms with van der Waals surface area (Å²) in [5, 5.41) is 2.78.